The topological polar surface area (TPSA) is 91.8 Å². The third kappa shape index (κ3) is 4.08. The zero-order valence-electron chi connectivity index (χ0n) is 15.6. The Balaban J connectivity index is 1.77. The van der Waals surface area contributed by atoms with E-state index in [-0.39, 0.29) is 17.9 Å². The summed E-state index contributed by atoms with van der Waals surface area (Å²) in [5, 5.41) is 10.0. The molecule has 1 unspecified atom stereocenters. The van der Waals surface area contributed by atoms with Crippen LogP contribution in [0.4, 0.5) is 5.69 Å². The van der Waals surface area contributed by atoms with E-state index < -0.39 is 0 Å². The van der Waals surface area contributed by atoms with E-state index in [1.165, 1.54) is 0 Å². The van der Waals surface area contributed by atoms with E-state index in [2.05, 4.69) is 20.7 Å². The number of hydrogen-bond donors (Lipinski definition) is 3. The van der Waals surface area contributed by atoms with Gasteiger partial charge in [0.15, 0.2) is 0 Å². The van der Waals surface area contributed by atoms with Crippen molar-refractivity contribution in [2.24, 2.45) is 7.05 Å². The van der Waals surface area contributed by atoms with Gasteiger partial charge in [-0.25, -0.2) is 0 Å². The van der Waals surface area contributed by atoms with Crippen molar-refractivity contribution in [1.82, 2.24) is 20.1 Å². The van der Waals surface area contributed by atoms with E-state index >= 15 is 0 Å². The summed E-state index contributed by atoms with van der Waals surface area (Å²) in [6.45, 7) is 3.89. The molecule has 7 nitrogen and oxygen atoms in total. The number of nitrogens with zero attached hydrogens (tertiary/aromatic N) is 2. The molecular formula is C20H23N5O2. The summed E-state index contributed by atoms with van der Waals surface area (Å²) in [7, 11) is 1.85. The maximum absolute atomic E-state index is 12.7. The van der Waals surface area contributed by atoms with Gasteiger partial charge in [0, 0.05) is 30.7 Å². The second kappa shape index (κ2) is 7.90. The molecule has 0 saturated carbocycles. The van der Waals surface area contributed by atoms with Gasteiger partial charge in [0.2, 0.25) is 0 Å². The number of rotatable bonds is 6. The van der Waals surface area contributed by atoms with Gasteiger partial charge >= 0.3 is 0 Å². The van der Waals surface area contributed by atoms with Crippen LogP contribution in [-0.4, -0.2) is 26.6 Å². The number of amides is 2. The lowest BCUT2D eigenvalue weighted by Crippen LogP contribution is -2.29. The van der Waals surface area contributed by atoms with E-state index in [1.807, 2.05) is 33.0 Å². The van der Waals surface area contributed by atoms with Crippen molar-refractivity contribution >= 4 is 17.5 Å². The van der Waals surface area contributed by atoms with Gasteiger partial charge in [0.05, 0.1) is 11.7 Å². The van der Waals surface area contributed by atoms with Crippen molar-refractivity contribution in [2.75, 3.05) is 5.32 Å². The minimum atomic E-state index is -0.248. The fourth-order valence-corrected chi connectivity index (χ4v) is 2.91. The Morgan fingerprint density at radius 1 is 1.22 bits per heavy atom. The number of hydrogen-bond acceptors (Lipinski definition) is 3. The number of benzene rings is 1. The molecule has 0 saturated heterocycles. The molecule has 3 N–H and O–H groups in total. The van der Waals surface area contributed by atoms with Gasteiger partial charge < -0.3 is 15.6 Å². The Bertz CT molecular complexity index is 943. The van der Waals surface area contributed by atoms with Gasteiger partial charge in [-0.2, -0.15) is 5.10 Å². The van der Waals surface area contributed by atoms with Crippen molar-refractivity contribution < 1.29 is 9.59 Å². The first kappa shape index (κ1) is 18.4. The SMILES string of the molecule is CCC(NC(=O)c1ccc(C)c(NC(=O)c2ccc[nH]2)c1)c1ccnn1C. The molecule has 0 radical (unpaired) electrons. The van der Waals surface area contributed by atoms with E-state index in [9.17, 15) is 9.59 Å². The highest BCUT2D eigenvalue weighted by Crippen LogP contribution is 2.20. The Labute approximate surface area is 157 Å². The second-order valence-electron chi connectivity index (χ2n) is 6.38. The average Bonchev–Trinajstić information content (AvgIpc) is 3.33. The molecule has 0 aliphatic rings. The van der Waals surface area contributed by atoms with Crippen LogP contribution in [0.1, 0.15) is 51.5 Å². The number of aryl methyl sites for hydroxylation is 2. The van der Waals surface area contributed by atoms with Gasteiger partial charge in [-0.15, -0.1) is 0 Å². The largest absolute Gasteiger partial charge is 0.357 e. The van der Waals surface area contributed by atoms with Crippen LogP contribution in [0, 0.1) is 6.92 Å². The lowest BCUT2D eigenvalue weighted by molar-refractivity contribution is 0.0932. The molecule has 0 aliphatic carbocycles. The van der Waals surface area contributed by atoms with E-state index in [0.717, 1.165) is 17.7 Å². The molecule has 0 bridgehead atoms. The monoisotopic (exact) mass is 365 g/mol. The van der Waals surface area contributed by atoms with Crippen LogP contribution in [0.3, 0.4) is 0 Å². The summed E-state index contributed by atoms with van der Waals surface area (Å²) in [6, 6.07) is 10.5. The number of nitrogens with one attached hydrogen (secondary N) is 3. The highest BCUT2D eigenvalue weighted by Gasteiger charge is 2.18. The summed E-state index contributed by atoms with van der Waals surface area (Å²) in [6.07, 6.45) is 4.15. The molecule has 1 atom stereocenters. The summed E-state index contributed by atoms with van der Waals surface area (Å²) in [5.74, 6) is -0.444. The van der Waals surface area contributed by atoms with Crippen LogP contribution in [0.5, 0.6) is 0 Å². The smallest absolute Gasteiger partial charge is 0.272 e. The minimum absolute atomic E-state index is 0.136. The molecule has 0 fully saturated rings. The molecule has 7 heteroatoms. The van der Waals surface area contributed by atoms with Crippen molar-refractivity contribution in [1.29, 1.82) is 0 Å². The molecule has 0 spiro atoms. The molecule has 2 aromatic heterocycles. The first-order chi connectivity index (χ1) is 13.0. The van der Waals surface area contributed by atoms with Gasteiger partial charge in [0.25, 0.3) is 11.8 Å². The molecule has 140 valence electrons. The average molecular weight is 365 g/mol. The molecule has 3 rings (SSSR count). The molecule has 3 aromatic rings. The van der Waals surface area contributed by atoms with E-state index in [1.54, 1.807) is 41.3 Å². The molecule has 27 heavy (non-hydrogen) atoms. The Hall–Kier alpha value is -3.35. The van der Waals surface area contributed by atoms with Crippen molar-refractivity contribution in [2.45, 2.75) is 26.3 Å². The Kier molecular flexibility index (Phi) is 5.40. The van der Waals surface area contributed by atoms with E-state index in [4.69, 9.17) is 0 Å². The van der Waals surface area contributed by atoms with Crippen molar-refractivity contribution in [3.05, 3.63) is 71.3 Å². The first-order valence-corrected chi connectivity index (χ1v) is 8.83. The Morgan fingerprint density at radius 2 is 2.04 bits per heavy atom. The third-order valence-corrected chi connectivity index (χ3v) is 4.52. The van der Waals surface area contributed by atoms with Gasteiger partial charge in [-0.05, 0) is 49.2 Å². The summed E-state index contributed by atoms with van der Waals surface area (Å²) in [4.78, 5) is 27.9. The minimum Gasteiger partial charge on any atom is -0.357 e. The second-order valence-corrected chi connectivity index (χ2v) is 6.38. The van der Waals surface area contributed by atoms with Gasteiger partial charge in [-0.1, -0.05) is 13.0 Å². The van der Waals surface area contributed by atoms with Crippen LogP contribution in [0.2, 0.25) is 0 Å². The molecule has 2 amide bonds. The number of carbonyl (C=O) groups excluding carboxylic acids is 2. The summed E-state index contributed by atoms with van der Waals surface area (Å²) in [5.41, 5.74) is 3.38. The van der Waals surface area contributed by atoms with Gasteiger partial charge in [-0.3, -0.25) is 14.3 Å². The number of anilines is 1. The standard InChI is InChI=1S/C20H23N5O2/c1-4-15(18-9-11-22-25(18)3)23-19(26)14-8-7-13(2)17(12-14)24-20(27)16-6-5-10-21-16/h5-12,15,21H,4H2,1-3H3,(H,23,26)(H,24,27). The zero-order chi connectivity index (χ0) is 19.4. The van der Waals surface area contributed by atoms with Crippen LogP contribution in [0.15, 0.2) is 48.8 Å². The number of aromatic nitrogens is 3. The van der Waals surface area contributed by atoms with Crippen LogP contribution < -0.4 is 10.6 Å². The summed E-state index contributed by atoms with van der Waals surface area (Å²) < 4.78 is 1.76. The van der Waals surface area contributed by atoms with E-state index in [0.29, 0.717) is 16.9 Å². The summed E-state index contributed by atoms with van der Waals surface area (Å²) >= 11 is 0. The highest BCUT2D eigenvalue weighted by atomic mass is 16.2. The molecule has 0 aliphatic heterocycles. The maximum Gasteiger partial charge on any atom is 0.272 e. The first-order valence-electron chi connectivity index (χ1n) is 8.83. The fourth-order valence-electron chi connectivity index (χ4n) is 2.91. The normalized spacial score (nSPS) is 11.8. The predicted molar refractivity (Wildman–Crippen MR) is 104 cm³/mol. The molecule has 1 aromatic carbocycles. The lowest BCUT2D eigenvalue weighted by atomic mass is 10.1. The van der Waals surface area contributed by atoms with Crippen LogP contribution >= 0.6 is 0 Å². The Morgan fingerprint density at radius 3 is 2.67 bits per heavy atom. The zero-order valence-corrected chi connectivity index (χ0v) is 15.6. The fraction of sp³-hybridized carbons (Fsp3) is 0.250. The maximum atomic E-state index is 12.7. The van der Waals surface area contributed by atoms with Crippen LogP contribution in [-0.2, 0) is 7.05 Å². The van der Waals surface area contributed by atoms with Crippen LogP contribution in [0.25, 0.3) is 0 Å². The van der Waals surface area contributed by atoms with Gasteiger partial charge in [0.1, 0.15) is 5.69 Å². The third-order valence-electron chi connectivity index (χ3n) is 4.52. The number of carbonyl (C=O) groups is 2. The molecule has 2 heterocycles. The van der Waals surface area contributed by atoms with Crippen molar-refractivity contribution in [3.63, 3.8) is 0 Å². The molecular weight excluding hydrogens is 342 g/mol. The highest BCUT2D eigenvalue weighted by molar-refractivity contribution is 6.04. The van der Waals surface area contributed by atoms with Crippen molar-refractivity contribution in [3.8, 4) is 0 Å². The quantitative estimate of drug-likeness (QED) is 0.626. The predicted octanol–water partition coefficient (Wildman–Crippen LogP) is 3.19. The number of H-pyrrole nitrogens is 1. The number of aromatic amines is 1. The lowest BCUT2D eigenvalue weighted by Gasteiger charge is -2.18.